The first-order valence-electron chi connectivity index (χ1n) is 6.62. The maximum Gasteiger partial charge on any atom is 0.294 e. The minimum atomic E-state index is -0.125. The van der Waals surface area contributed by atoms with E-state index in [0.717, 1.165) is 35.5 Å². The fourth-order valence-corrected chi connectivity index (χ4v) is 2.33. The summed E-state index contributed by atoms with van der Waals surface area (Å²) >= 11 is 0. The molecule has 0 spiro atoms. The minimum absolute atomic E-state index is 0.125. The summed E-state index contributed by atoms with van der Waals surface area (Å²) in [5.74, 6) is 0. The monoisotopic (exact) mass is 259 g/mol. The second-order valence-corrected chi connectivity index (χ2v) is 5.03. The van der Waals surface area contributed by atoms with Crippen LogP contribution < -0.4 is 11.3 Å². The first-order valence-corrected chi connectivity index (χ1v) is 6.62. The van der Waals surface area contributed by atoms with Crippen LogP contribution in [0.2, 0.25) is 0 Å². The van der Waals surface area contributed by atoms with Gasteiger partial charge in [-0.25, -0.2) is 4.68 Å². The molecule has 1 heterocycles. The van der Waals surface area contributed by atoms with E-state index in [4.69, 9.17) is 5.73 Å². The van der Waals surface area contributed by atoms with Crippen molar-refractivity contribution in [2.75, 3.05) is 5.73 Å². The Hall–Kier alpha value is -1.97. The molecule has 0 aliphatic rings. The maximum atomic E-state index is 12.4. The topological polar surface area (TPSA) is 52.9 Å². The number of nitrogens with two attached hydrogens (primary N) is 1. The van der Waals surface area contributed by atoms with Gasteiger partial charge in [-0.1, -0.05) is 19.1 Å². The molecule has 2 aromatic rings. The van der Waals surface area contributed by atoms with Crippen molar-refractivity contribution in [2.45, 2.75) is 40.7 Å². The average molecular weight is 259 g/mol. The molecule has 0 saturated heterocycles. The number of benzene rings is 1. The predicted octanol–water partition coefficient (Wildman–Crippen LogP) is 2.56. The van der Waals surface area contributed by atoms with Gasteiger partial charge >= 0.3 is 0 Å². The zero-order valence-electron chi connectivity index (χ0n) is 12.0. The Bertz CT molecular complexity index is 665. The lowest BCUT2D eigenvalue weighted by molar-refractivity contribution is 0.522. The summed E-state index contributed by atoms with van der Waals surface area (Å²) in [7, 11) is 0. The molecular weight excluding hydrogens is 238 g/mol. The Labute approximate surface area is 113 Å². The molecule has 0 fully saturated rings. The molecule has 1 aromatic carbocycles. The number of nitrogens with zero attached hydrogens (tertiary/aromatic N) is 2. The number of anilines is 1. The van der Waals surface area contributed by atoms with E-state index in [2.05, 4.69) is 6.92 Å². The molecule has 0 saturated carbocycles. The number of aryl methyl sites for hydroxylation is 2. The van der Waals surface area contributed by atoms with Crippen LogP contribution in [-0.4, -0.2) is 9.36 Å². The molecule has 4 nitrogen and oxygen atoms in total. The molecule has 0 bridgehead atoms. The smallest absolute Gasteiger partial charge is 0.294 e. The van der Waals surface area contributed by atoms with Crippen LogP contribution in [-0.2, 0) is 6.54 Å². The first-order chi connectivity index (χ1) is 8.97. The summed E-state index contributed by atoms with van der Waals surface area (Å²) in [6.45, 7) is 8.81. The van der Waals surface area contributed by atoms with E-state index < -0.39 is 0 Å². The SMILES string of the molecule is CCCn1c(C)c(N)c(=O)n1-c1cc(C)ccc1C. The lowest BCUT2D eigenvalue weighted by Crippen LogP contribution is -2.23. The highest BCUT2D eigenvalue weighted by Crippen LogP contribution is 2.18. The minimum Gasteiger partial charge on any atom is -0.393 e. The van der Waals surface area contributed by atoms with Crippen LogP contribution in [0.5, 0.6) is 0 Å². The fourth-order valence-electron chi connectivity index (χ4n) is 2.33. The standard InChI is InChI=1S/C15H21N3O/c1-5-8-17-12(4)14(16)15(19)18(17)13-9-10(2)6-7-11(13)3/h6-7,9H,5,8,16H2,1-4H3. The Morgan fingerprint density at radius 3 is 2.53 bits per heavy atom. The molecule has 0 aliphatic heterocycles. The van der Waals surface area contributed by atoms with Gasteiger partial charge in [-0.3, -0.25) is 9.48 Å². The summed E-state index contributed by atoms with van der Waals surface area (Å²) in [6.07, 6.45) is 0.958. The number of hydrogen-bond donors (Lipinski definition) is 1. The van der Waals surface area contributed by atoms with Gasteiger partial charge in [0.05, 0.1) is 11.4 Å². The molecule has 0 amide bonds. The molecule has 0 radical (unpaired) electrons. The first kappa shape index (κ1) is 13.5. The second-order valence-electron chi connectivity index (χ2n) is 5.03. The Morgan fingerprint density at radius 2 is 1.89 bits per heavy atom. The normalized spacial score (nSPS) is 10.9. The number of nitrogen functional groups attached to an aromatic ring is 1. The molecular formula is C15H21N3O. The van der Waals surface area contributed by atoms with E-state index in [1.54, 1.807) is 4.68 Å². The highest BCUT2D eigenvalue weighted by Gasteiger charge is 2.16. The van der Waals surface area contributed by atoms with Crippen molar-refractivity contribution in [2.24, 2.45) is 0 Å². The van der Waals surface area contributed by atoms with Crippen molar-refractivity contribution in [1.29, 1.82) is 0 Å². The van der Waals surface area contributed by atoms with E-state index in [9.17, 15) is 4.79 Å². The molecule has 4 heteroatoms. The third-order valence-corrected chi connectivity index (χ3v) is 3.47. The molecule has 19 heavy (non-hydrogen) atoms. The third-order valence-electron chi connectivity index (χ3n) is 3.47. The van der Waals surface area contributed by atoms with E-state index in [1.165, 1.54) is 0 Å². The lowest BCUT2D eigenvalue weighted by atomic mass is 10.1. The molecule has 0 atom stereocenters. The Kier molecular flexibility index (Phi) is 3.51. The van der Waals surface area contributed by atoms with Crippen molar-refractivity contribution < 1.29 is 0 Å². The summed E-state index contributed by atoms with van der Waals surface area (Å²) in [6, 6.07) is 6.11. The van der Waals surface area contributed by atoms with Crippen molar-refractivity contribution in [3.05, 3.63) is 45.4 Å². The quantitative estimate of drug-likeness (QED) is 0.921. The van der Waals surface area contributed by atoms with Gasteiger partial charge in [0.1, 0.15) is 5.69 Å². The van der Waals surface area contributed by atoms with Crippen LogP contribution in [0, 0.1) is 20.8 Å². The van der Waals surface area contributed by atoms with Gasteiger partial charge in [0, 0.05) is 6.54 Å². The molecule has 0 aliphatic carbocycles. The number of rotatable bonds is 3. The van der Waals surface area contributed by atoms with E-state index in [0.29, 0.717) is 5.69 Å². The van der Waals surface area contributed by atoms with Crippen LogP contribution in [0.4, 0.5) is 5.69 Å². The van der Waals surface area contributed by atoms with Gasteiger partial charge in [-0.2, -0.15) is 0 Å². The van der Waals surface area contributed by atoms with Crippen LogP contribution in [0.25, 0.3) is 5.69 Å². The van der Waals surface area contributed by atoms with E-state index in [-0.39, 0.29) is 5.56 Å². The summed E-state index contributed by atoms with van der Waals surface area (Å²) in [5.41, 5.74) is 10.1. The van der Waals surface area contributed by atoms with Crippen molar-refractivity contribution in [3.63, 3.8) is 0 Å². The zero-order chi connectivity index (χ0) is 14.2. The van der Waals surface area contributed by atoms with Gasteiger partial charge in [0.2, 0.25) is 0 Å². The van der Waals surface area contributed by atoms with Gasteiger partial charge in [-0.15, -0.1) is 0 Å². The summed E-state index contributed by atoms with van der Waals surface area (Å²) in [4.78, 5) is 12.4. The molecule has 102 valence electrons. The van der Waals surface area contributed by atoms with Crippen LogP contribution in [0.1, 0.15) is 30.2 Å². The zero-order valence-corrected chi connectivity index (χ0v) is 12.0. The summed E-state index contributed by atoms with van der Waals surface area (Å²) in [5, 5.41) is 0. The average Bonchev–Trinajstić information content (AvgIpc) is 2.58. The van der Waals surface area contributed by atoms with E-state index >= 15 is 0 Å². The molecule has 2 N–H and O–H groups in total. The van der Waals surface area contributed by atoms with Crippen molar-refractivity contribution >= 4 is 5.69 Å². The van der Waals surface area contributed by atoms with Gasteiger partial charge < -0.3 is 5.73 Å². The van der Waals surface area contributed by atoms with E-state index in [1.807, 2.05) is 43.7 Å². The van der Waals surface area contributed by atoms with Crippen LogP contribution >= 0.6 is 0 Å². The second kappa shape index (κ2) is 4.96. The lowest BCUT2D eigenvalue weighted by Gasteiger charge is -2.15. The van der Waals surface area contributed by atoms with Crippen LogP contribution in [0.3, 0.4) is 0 Å². The number of aromatic nitrogens is 2. The maximum absolute atomic E-state index is 12.4. The van der Waals surface area contributed by atoms with Crippen LogP contribution in [0.15, 0.2) is 23.0 Å². The highest BCUT2D eigenvalue weighted by molar-refractivity contribution is 5.48. The third kappa shape index (κ3) is 2.18. The highest BCUT2D eigenvalue weighted by atomic mass is 16.1. The molecule has 1 aromatic heterocycles. The van der Waals surface area contributed by atoms with Gasteiger partial charge in [-0.05, 0) is 44.4 Å². The van der Waals surface area contributed by atoms with Crippen molar-refractivity contribution in [1.82, 2.24) is 9.36 Å². The molecule has 0 unspecified atom stereocenters. The molecule has 2 rings (SSSR count). The number of hydrogen-bond acceptors (Lipinski definition) is 2. The van der Waals surface area contributed by atoms with Gasteiger partial charge in [0.25, 0.3) is 5.56 Å². The largest absolute Gasteiger partial charge is 0.393 e. The van der Waals surface area contributed by atoms with Gasteiger partial charge in [0.15, 0.2) is 0 Å². The fraction of sp³-hybridized carbons (Fsp3) is 0.400. The Morgan fingerprint density at radius 1 is 1.21 bits per heavy atom. The predicted molar refractivity (Wildman–Crippen MR) is 78.9 cm³/mol. The summed E-state index contributed by atoms with van der Waals surface area (Å²) < 4.78 is 3.68. The van der Waals surface area contributed by atoms with Crippen molar-refractivity contribution in [3.8, 4) is 5.69 Å². The Balaban J connectivity index is 2.78.